The Balaban J connectivity index is 1.93. The van der Waals surface area contributed by atoms with Crippen molar-refractivity contribution in [3.05, 3.63) is 34.9 Å². The highest BCUT2D eigenvalue weighted by Crippen LogP contribution is 2.21. The van der Waals surface area contributed by atoms with Gasteiger partial charge in [0.15, 0.2) is 0 Å². The predicted molar refractivity (Wildman–Crippen MR) is 88.5 cm³/mol. The number of piperidine rings is 1. The van der Waals surface area contributed by atoms with Crippen LogP contribution in [0.3, 0.4) is 0 Å². The zero-order valence-corrected chi connectivity index (χ0v) is 14.1. The van der Waals surface area contributed by atoms with Gasteiger partial charge in [0.1, 0.15) is 6.04 Å². The first-order chi connectivity index (χ1) is 11.0. The number of nitriles is 1. The molecular weight excluding hydrogens is 290 g/mol. The van der Waals surface area contributed by atoms with Gasteiger partial charge in [-0.3, -0.25) is 4.79 Å². The molecule has 1 unspecified atom stereocenters. The van der Waals surface area contributed by atoms with Gasteiger partial charge in [0.05, 0.1) is 19.6 Å². The quantitative estimate of drug-likeness (QED) is 0.904. The van der Waals surface area contributed by atoms with Crippen LogP contribution in [0.25, 0.3) is 0 Å². The van der Waals surface area contributed by atoms with Gasteiger partial charge in [-0.2, -0.15) is 10.3 Å². The number of carbonyl (C=O) groups excluding carboxylic acids is 1. The summed E-state index contributed by atoms with van der Waals surface area (Å²) in [6.45, 7) is 5.62. The first kappa shape index (κ1) is 17.5. The molecule has 1 fully saturated rings. The van der Waals surface area contributed by atoms with Crippen molar-refractivity contribution in [2.75, 3.05) is 20.2 Å². The Hall–Kier alpha value is -1.90. The van der Waals surface area contributed by atoms with Gasteiger partial charge in [0.2, 0.25) is 5.91 Å². The molecule has 1 atom stereocenters. The second-order valence-corrected chi connectivity index (χ2v) is 6.23. The van der Waals surface area contributed by atoms with E-state index in [9.17, 15) is 10.1 Å². The largest absolute Gasteiger partial charge is 0.340 e. The average Bonchev–Trinajstić information content (AvgIpc) is 2.56. The minimum absolute atomic E-state index is 0.0839. The van der Waals surface area contributed by atoms with E-state index in [1.54, 1.807) is 7.11 Å². The van der Waals surface area contributed by atoms with Crippen LogP contribution in [0, 0.1) is 31.1 Å². The number of hydrogen-bond donors (Lipinski definition) is 1. The zero-order chi connectivity index (χ0) is 16.8. The van der Waals surface area contributed by atoms with E-state index in [1.165, 1.54) is 0 Å². The molecule has 2 rings (SSSR count). The Kier molecular flexibility index (Phi) is 6.14. The molecule has 1 aliphatic rings. The number of nitrogens with one attached hydrogen (secondary N) is 1. The number of carbonyl (C=O) groups is 1. The lowest BCUT2D eigenvalue weighted by Gasteiger charge is -2.32. The van der Waals surface area contributed by atoms with Crippen LogP contribution in [-0.4, -0.2) is 37.2 Å². The van der Waals surface area contributed by atoms with Gasteiger partial charge in [-0.05, 0) is 43.7 Å². The summed E-state index contributed by atoms with van der Waals surface area (Å²) in [6.07, 6.45) is 2.04. The summed E-state index contributed by atoms with van der Waals surface area (Å²) in [6, 6.07) is 7.93. The minimum Gasteiger partial charge on any atom is -0.340 e. The smallest absolute Gasteiger partial charge is 0.225 e. The molecule has 5 heteroatoms. The summed E-state index contributed by atoms with van der Waals surface area (Å²) in [7, 11) is 1.66. The summed E-state index contributed by atoms with van der Waals surface area (Å²) in [4.78, 5) is 17.5. The molecule has 5 nitrogen and oxygen atoms in total. The van der Waals surface area contributed by atoms with E-state index < -0.39 is 6.04 Å². The third-order valence-electron chi connectivity index (χ3n) is 4.54. The van der Waals surface area contributed by atoms with E-state index >= 15 is 0 Å². The Morgan fingerprint density at radius 2 is 2.13 bits per heavy atom. The second-order valence-electron chi connectivity index (χ2n) is 6.23. The first-order valence-corrected chi connectivity index (χ1v) is 8.07. The van der Waals surface area contributed by atoms with Crippen molar-refractivity contribution in [1.82, 2.24) is 10.4 Å². The Morgan fingerprint density at radius 3 is 2.74 bits per heavy atom. The number of benzene rings is 1. The lowest BCUT2D eigenvalue weighted by atomic mass is 9.90. The molecule has 124 valence electrons. The normalized spacial score (nSPS) is 17.5. The highest BCUT2D eigenvalue weighted by atomic mass is 16.7. The summed E-state index contributed by atoms with van der Waals surface area (Å²) in [5.41, 5.74) is 3.27. The molecule has 1 amide bonds. The van der Waals surface area contributed by atoms with Crippen molar-refractivity contribution >= 4 is 5.91 Å². The lowest BCUT2D eigenvalue weighted by Crippen LogP contribution is -2.45. The van der Waals surface area contributed by atoms with Crippen LogP contribution in [0.1, 0.15) is 29.5 Å². The van der Waals surface area contributed by atoms with E-state index in [0.29, 0.717) is 6.42 Å². The van der Waals surface area contributed by atoms with Gasteiger partial charge < -0.3 is 10.2 Å². The average molecular weight is 315 g/mol. The Labute approximate surface area is 138 Å². The number of rotatable bonds is 5. The van der Waals surface area contributed by atoms with Crippen molar-refractivity contribution in [3.8, 4) is 6.07 Å². The van der Waals surface area contributed by atoms with E-state index in [0.717, 1.165) is 42.6 Å². The molecule has 0 radical (unpaired) electrons. The summed E-state index contributed by atoms with van der Waals surface area (Å²) in [5.74, 6) is 0.105. The fraction of sp³-hybridized carbons (Fsp3) is 0.556. The molecular formula is C18H25N3O2. The van der Waals surface area contributed by atoms with Crippen molar-refractivity contribution in [1.29, 1.82) is 5.26 Å². The van der Waals surface area contributed by atoms with Crippen molar-refractivity contribution in [2.24, 2.45) is 5.92 Å². The van der Waals surface area contributed by atoms with E-state index in [2.05, 4.69) is 11.4 Å². The number of hydrogen-bond acceptors (Lipinski definition) is 4. The molecule has 0 aromatic heterocycles. The monoisotopic (exact) mass is 315 g/mol. The van der Waals surface area contributed by atoms with Crippen molar-refractivity contribution in [3.63, 3.8) is 0 Å². The lowest BCUT2D eigenvalue weighted by molar-refractivity contribution is -0.149. The predicted octanol–water partition coefficient (Wildman–Crippen LogP) is 2.13. The van der Waals surface area contributed by atoms with E-state index in [1.807, 2.05) is 37.1 Å². The maximum absolute atomic E-state index is 12.3. The maximum atomic E-state index is 12.3. The molecule has 1 heterocycles. The van der Waals surface area contributed by atoms with E-state index in [-0.39, 0.29) is 11.8 Å². The summed E-state index contributed by atoms with van der Waals surface area (Å²) in [5, 5.41) is 14.2. The van der Waals surface area contributed by atoms with Crippen molar-refractivity contribution in [2.45, 2.75) is 39.2 Å². The molecule has 0 spiro atoms. The Bertz CT molecular complexity index is 586. The summed E-state index contributed by atoms with van der Waals surface area (Å²) < 4.78 is 0. The molecule has 0 bridgehead atoms. The maximum Gasteiger partial charge on any atom is 0.225 e. The van der Waals surface area contributed by atoms with Gasteiger partial charge in [-0.1, -0.05) is 23.8 Å². The Morgan fingerprint density at radius 1 is 1.43 bits per heavy atom. The molecule has 1 aliphatic heterocycles. The topological polar surface area (TPSA) is 65.4 Å². The van der Waals surface area contributed by atoms with Crippen LogP contribution < -0.4 is 5.32 Å². The standard InChI is InChI=1S/C18H25N3O2/c1-13-4-5-14(2)16(10-13)11-18(22)20-17(12-19)15-6-8-21(23-3)9-7-15/h4-5,10,15,17H,6-9,11H2,1-3H3,(H,20,22). The number of amides is 1. The van der Waals surface area contributed by atoms with Gasteiger partial charge >= 0.3 is 0 Å². The van der Waals surface area contributed by atoms with Crippen LogP contribution in [-0.2, 0) is 16.1 Å². The third-order valence-corrected chi connectivity index (χ3v) is 4.54. The van der Waals surface area contributed by atoms with Gasteiger partial charge in [0.25, 0.3) is 0 Å². The number of aryl methyl sites for hydroxylation is 2. The number of nitrogens with zero attached hydrogens (tertiary/aromatic N) is 2. The molecule has 1 N–H and O–H groups in total. The molecule has 1 aromatic carbocycles. The highest BCUT2D eigenvalue weighted by molar-refractivity contribution is 5.79. The fourth-order valence-corrected chi connectivity index (χ4v) is 3.04. The molecule has 0 aliphatic carbocycles. The number of hydroxylamine groups is 2. The highest BCUT2D eigenvalue weighted by Gasteiger charge is 2.27. The van der Waals surface area contributed by atoms with Gasteiger partial charge in [-0.15, -0.1) is 0 Å². The molecule has 1 saturated heterocycles. The van der Waals surface area contributed by atoms with Crippen LogP contribution >= 0.6 is 0 Å². The van der Waals surface area contributed by atoms with Crippen LogP contribution in [0.4, 0.5) is 0 Å². The van der Waals surface area contributed by atoms with Crippen LogP contribution in [0.15, 0.2) is 18.2 Å². The first-order valence-electron chi connectivity index (χ1n) is 8.07. The zero-order valence-electron chi connectivity index (χ0n) is 14.1. The molecule has 1 aromatic rings. The van der Waals surface area contributed by atoms with Gasteiger partial charge in [0, 0.05) is 13.1 Å². The van der Waals surface area contributed by atoms with Gasteiger partial charge in [-0.25, -0.2) is 0 Å². The third kappa shape index (κ3) is 4.78. The summed E-state index contributed by atoms with van der Waals surface area (Å²) >= 11 is 0. The SMILES string of the molecule is CON1CCC(C(C#N)NC(=O)Cc2cc(C)ccc2C)CC1. The fourth-order valence-electron chi connectivity index (χ4n) is 3.04. The van der Waals surface area contributed by atoms with Crippen molar-refractivity contribution < 1.29 is 9.63 Å². The van der Waals surface area contributed by atoms with Crippen LogP contribution in [0.2, 0.25) is 0 Å². The van der Waals surface area contributed by atoms with Crippen LogP contribution in [0.5, 0.6) is 0 Å². The minimum atomic E-state index is -0.424. The molecule has 23 heavy (non-hydrogen) atoms. The second kappa shape index (κ2) is 8.09. The van der Waals surface area contributed by atoms with E-state index in [4.69, 9.17) is 4.84 Å². The molecule has 0 saturated carbocycles.